The van der Waals surface area contributed by atoms with E-state index in [1.54, 1.807) is 12.1 Å². The number of para-hydroxylation sites is 1. The Morgan fingerprint density at radius 3 is 2.72 bits per heavy atom. The topological polar surface area (TPSA) is 128 Å². The van der Waals surface area contributed by atoms with Crippen molar-refractivity contribution in [3.05, 3.63) is 59.8 Å². The number of carbonyl (C=O) groups is 1. The Morgan fingerprint density at radius 1 is 1.19 bits per heavy atom. The van der Waals surface area contributed by atoms with E-state index in [2.05, 4.69) is 35.4 Å². The number of amides is 1. The standard InChI is InChI=1S/C26H29N5O4S/c1-16-11-14-31(26(16,2)3)24-19(25(32)30-36(33,34)21-8-5-13-28-23(21)27)9-10-20(29-24)18-7-4-6-17-12-15-35-22(17)18/h4-10,13,16H,11-12,14-15H2,1-3H3,(H2,27,28)(H,30,32). The zero-order valence-corrected chi connectivity index (χ0v) is 21.3. The Kier molecular flexibility index (Phi) is 5.86. The van der Waals surface area contributed by atoms with E-state index in [4.69, 9.17) is 15.5 Å². The quantitative estimate of drug-likeness (QED) is 0.538. The minimum Gasteiger partial charge on any atom is -0.492 e. The van der Waals surface area contributed by atoms with Crippen LogP contribution < -0.4 is 20.1 Å². The third kappa shape index (κ3) is 4.05. The second kappa shape index (κ2) is 8.77. The molecule has 1 atom stereocenters. The Morgan fingerprint density at radius 2 is 2.00 bits per heavy atom. The molecule has 0 saturated carbocycles. The highest BCUT2D eigenvalue weighted by atomic mass is 32.2. The monoisotopic (exact) mass is 507 g/mol. The van der Waals surface area contributed by atoms with Gasteiger partial charge in [-0.05, 0) is 62.1 Å². The highest BCUT2D eigenvalue weighted by Gasteiger charge is 2.41. The van der Waals surface area contributed by atoms with E-state index in [-0.39, 0.29) is 21.8 Å². The molecule has 9 nitrogen and oxygen atoms in total. The first kappa shape index (κ1) is 24.1. The number of hydrogen-bond donors (Lipinski definition) is 2. The van der Waals surface area contributed by atoms with Crippen LogP contribution >= 0.6 is 0 Å². The number of rotatable bonds is 5. The molecule has 0 bridgehead atoms. The molecule has 10 heteroatoms. The number of nitrogens with zero attached hydrogens (tertiary/aromatic N) is 3. The molecule has 5 rings (SSSR count). The number of fused-ring (bicyclic) bond motifs is 1. The van der Waals surface area contributed by atoms with E-state index in [0.29, 0.717) is 30.6 Å². The summed E-state index contributed by atoms with van der Waals surface area (Å²) >= 11 is 0. The Hall–Kier alpha value is -3.66. The number of nitrogens with two attached hydrogens (primary N) is 1. The number of pyridine rings is 2. The summed E-state index contributed by atoms with van der Waals surface area (Å²) < 4.78 is 34.0. The minimum absolute atomic E-state index is 0.167. The minimum atomic E-state index is -4.24. The number of ether oxygens (including phenoxy) is 1. The summed E-state index contributed by atoms with van der Waals surface area (Å²) in [5.41, 5.74) is 8.26. The van der Waals surface area contributed by atoms with Gasteiger partial charge in [0.15, 0.2) is 0 Å². The van der Waals surface area contributed by atoms with Gasteiger partial charge in [-0.1, -0.05) is 19.1 Å². The summed E-state index contributed by atoms with van der Waals surface area (Å²) in [6, 6.07) is 12.1. The SMILES string of the molecule is CC1CCN(c2nc(-c3cccc4c3OCC4)ccc2C(=O)NS(=O)(=O)c2cccnc2N)C1(C)C. The van der Waals surface area contributed by atoms with Gasteiger partial charge in [-0.25, -0.2) is 23.1 Å². The van der Waals surface area contributed by atoms with Gasteiger partial charge in [0, 0.05) is 30.3 Å². The van der Waals surface area contributed by atoms with Gasteiger partial charge in [0.05, 0.1) is 17.9 Å². The van der Waals surface area contributed by atoms with Crippen LogP contribution in [0.1, 0.15) is 43.1 Å². The highest BCUT2D eigenvalue weighted by Crippen LogP contribution is 2.41. The van der Waals surface area contributed by atoms with E-state index >= 15 is 0 Å². The molecule has 2 aliphatic heterocycles. The van der Waals surface area contributed by atoms with Crippen LogP contribution in [0.2, 0.25) is 0 Å². The van der Waals surface area contributed by atoms with E-state index in [1.807, 2.05) is 18.2 Å². The molecule has 3 N–H and O–H groups in total. The third-order valence-corrected chi connectivity index (χ3v) is 8.75. The maximum atomic E-state index is 13.4. The fourth-order valence-electron chi connectivity index (χ4n) is 4.87. The smallest absolute Gasteiger partial charge is 0.268 e. The lowest BCUT2D eigenvalue weighted by molar-refractivity contribution is 0.0981. The summed E-state index contributed by atoms with van der Waals surface area (Å²) in [5, 5.41) is 0. The predicted octanol–water partition coefficient (Wildman–Crippen LogP) is 3.40. The second-order valence-electron chi connectivity index (χ2n) is 9.78. The van der Waals surface area contributed by atoms with Crippen molar-refractivity contribution in [2.45, 2.75) is 44.0 Å². The van der Waals surface area contributed by atoms with Crippen molar-refractivity contribution in [3.63, 3.8) is 0 Å². The number of anilines is 2. The van der Waals surface area contributed by atoms with Crippen molar-refractivity contribution in [1.82, 2.24) is 14.7 Å². The molecule has 1 amide bonds. The van der Waals surface area contributed by atoms with Crippen molar-refractivity contribution < 1.29 is 17.9 Å². The number of carbonyl (C=O) groups excluding carboxylic acids is 1. The van der Waals surface area contributed by atoms with E-state index in [9.17, 15) is 13.2 Å². The van der Waals surface area contributed by atoms with Crippen molar-refractivity contribution in [2.75, 3.05) is 23.8 Å². The average Bonchev–Trinajstić information content (AvgIpc) is 3.42. The average molecular weight is 508 g/mol. The maximum Gasteiger partial charge on any atom is 0.268 e. The molecule has 1 saturated heterocycles. The maximum absolute atomic E-state index is 13.4. The van der Waals surface area contributed by atoms with Crippen LogP contribution in [-0.2, 0) is 16.4 Å². The van der Waals surface area contributed by atoms with Crippen LogP contribution in [0.3, 0.4) is 0 Å². The molecule has 0 radical (unpaired) electrons. The van der Waals surface area contributed by atoms with Gasteiger partial charge in [0.1, 0.15) is 22.3 Å². The lowest BCUT2D eigenvalue weighted by Gasteiger charge is -2.36. The molecule has 3 aromatic rings. The van der Waals surface area contributed by atoms with Crippen molar-refractivity contribution in [3.8, 4) is 17.0 Å². The molecule has 188 valence electrons. The van der Waals surface area contributed by atoms with E-state index in [1.165, 1.54) is 18.3 Å². The normalized spacial score (nSPS) is 18.5. The third-order valence-electron chi connectivity index (χ3n) is 7.37. The first-order chi connectivity index (χ1) is 17.1. The highest BCUT2D eigenvalue weighted by molar-refractivity contribution is 7.90. The second-order valence-corrected chi connectivity index (χ2v) is 11.4. The molecule has 2 aliphatic rings. The number of nitrogens with one attached hydrogen (secondary N) is 1. The predicted molar refractivity (Wildman–Crippen MR) is 137 cm³/mol. The van der Waals surface area contributed by atoms with Crippen LogP contribution in [0.15, 0.2) is 53.6 Å². The first-order valence-electron chi connectivity index (χ1n) is 11.9. The van der Waals surface area contributed by atoms with Gasteiger partial charge in [-0.3, -0.25) is 4.79 Å². The molecular weight excluding hydrogens is 478 g/mol. The molecule has 1 aromatic carbocycles. The number of aromatic nitrogens is 2. The van der Waals surface area contributed by atoms with Gasteiger partial charge in [-0.2, -0.15) is 0 Å². The molecule has 2 aromatic heterocycles. The van der Waals surface area contributed by atoms with E-state index in [0.717, 1.165) is 29.7 Å². The van der Waals surface area contributed by atoms with Gasteiger partial charge >= 0.3 is 0 Å². The van der Waals surface area contributed by atoms with Crippen LogP contribution in [-0.4, -0.2) is 43.0 Å². The molecule has 0 aliphatic carbocycles. The van der Waals surface area contributed by atoms with Crippen LogP contribution in [0.4, 0.5) is 11.6 Å². The molecule has 1 fully saturated rings. The molecule has 0 spiro atoms. The molecular formula is C26H29N5O4S. The van der Waals surface area contributed by atoms with E-state index < -0.39 is 15.9 Å². The van der Waals surface area contributed by atoms with Gasteiger partial charge in [0.2, 0.25) is 0 Å². The fraction of sp³-hybridized carbons (Fsp3) is 0.346. The van der Waals surface area contributed by atoms with Gasteiger partial charge in [0.25, 0.3) is 15.9 Å². The zero-order chi connectivity index (χ0) is 25.7. The number of benzene rings is 1. The molecule has 36 heavy (non-hydrogen) atoms. The summed E-state index contributed by atoms with van der Waals surface area (Å²) in [6.07, 6.45) is 3.15. The lowest BCUT2D eigenvalue weighted by Crippen LogP contribution is -2.43. The summed E-state index contributed by atoms with van der Waals surface area (Å²) in [5.74, 6) is 0.624. The van der Waals surface area contributed by atoms with Crippen molar-refractivity contribution in [1.29, 1.82) is 0 Å². The number of hydrogen-bond acceptors (Lipinski definition) is 8. The Bertz CT molecular complexity index is 1450. The first-order valence-corrected chi connectivity index (χ1v) is 13.4. The Balaban J connectivity index is 1.59. The van der Waals surface area contributed by atoms with Crippen LogP contribution in [0.5, 0.6) is 5.75 Å². The largest absolute Gasteiger partial charge is 0.492 e. The molecule has 4 heterocycles. The lowest BCUT2D eigenvalue weighted by atomic mass is 9.90. The van der Waals surface area contributed by atoms with Crippen LogP contribution in [0.25, 0.3) is 11.3 Å². The summed E-state index contributed by atoms with van der Waals surface area (Å²) in [4.78, 5) is 24.0. The van der Waals surface area contributed by atoms with Gasteiger partial charge in [-0.15, -0.1) is 0 Å². The fourth-order valence-corrected chi connectivity index (χ4v) is 5.92. The summed E-state index contributed by atoms with van der Waals surface area (Å²) in [7, 11) is -4.24. The molecule has 1 unspecified atom stereocenters. The van der Waals surface area contributed by atoms with Crippen molar-refractivity contribution >= 4 is 27.6 Å². The summed E-state index contributed by atoms with van der Waals surface area (Å²) in [6.45, 7) is 7.69. The van der Waals surface area contributed by atoms with Crippen LogP contribution in [0, 0.1) is 5.92 Å². The number of nitrogen functional groups attached to an aromatic ring is 1. The van der Waals surface area contributed by atoms with Gasteiger partial charge < -0.3 is 15.4 Å². The Labute approximate surface area is 210 Å². The number of sulfonamides is 1. The zero-order valence-electron chi connectivity index (χ0n) is 20.5. The van der Waals surface area contributed by atoms with Crippen molar-refractivity contribution in [2.24, 2.45) is 5.92 Å².